The van der Waals surface area contributed by atoms with Crippen LogP contribution in [0.1, 0.15) is 26.3 Å². The van der Waals surface area contributed by atoms with Gasteiger partial charge >= 0.3 is 0 Å². The quantitative estimate of drug-likeness (QED) is 0.321. The summed E-state index contributed by atoms with van der Waals surface area (Å²) in [4.78, 5) is 27.3. The lowest BCUT2D eigenvalue weighted by Crippen LogP contribution is -2.49. The van der Waals surface area contributed by atoms with E-state index in [1.165, 1.54) is 41.3 Å². The van der Waals surface area contributed by atoms with Gasteiger partial charge in [0.2, 0.25) is 5.91 Å². The monoisotopic (exact) mass is 575 g/mol. The second kappa shape index (κ2) is 13.4. The zero-order valence-electron chi connectivity index (χ0n) is 21.9. The molecular formula is C28H31ClFN3O5S. The third-order valence-electron chi connectivity index (χ3n) is 5.71. The smallest absolute Gasteiger partial charge is 0.261 e. The van der Waals surface area contributed by atoms with Crippen LogP contribution in [0.4, 0.5) is 10.1 Å². The van der Waals surface area contributed by atoms with Crippen LogP contribution < -0.4 is 14.8 Å². The molecule has 8 nitrogen and oxygen atoms in total. The maximum absolute atomic E-state index is 13.2. The summed E-state index contributed by atoms with van der Waals surface area (Å²) in [5, 5.41) is 3.41. The normalized spacial score (nSPS) is 12.1. The number of carbonyl (C=O) groups is 2. The van der Waals surface area contributed by atoms with Crippen molar-refractivity contribution in [3.8, 4) is 5.75 Å². The van der Waals surface area contributed by atoms with Crippen molar-refractivity contribution in [2.45, 2.75) is 38.3 Å². The van der Waals surface area contributed by atoms with Gasteiger partial charge in [-0.05, 0) is 79.1 Å². The number of amides is 2. The molecule has 0 heterocycles. The molecule has 3 aromatic carbocycles. The standard InChI is InChI=1S/C28H31ClFN3O5S/c1-19(2)16-31-28(35)20(3)33(17-21-4-6-22(29)7-5-21)27(34)18-38-25-12-14-26(15-13-25)39(36,37)32-24-10-8-23(30)9-11-24/h4-15,19-20,32H,16-18H2,1-3H3,(H,31,35)/t20-/m1/s1. The fourth-order valence-corrected chi connectivity index (χ4v) is 4.68. The summed E-state index contributed by atoms with van der Waals surface area (Å²) in [7, 11) is -3.91. The number of sulfonamides is 1. The summed E-state index contributed by atoms with van der Waals surface area (Å²) in [5.41, 5.74) is 1.01. The fourth-order valence-electron chi connectivity index (χ4n) is 3.50. The van der Waals surface area contributed by atoms with Crippen molar-refractivity contribution < 1.29 is 27.1 Å². The van der Waals surface area contributed by atoms with Crippen LogP contribution in [0.15, 0.2) is 77.7 Å². The van der Waals surface area contributed by atoms with E-state index in [9.17, 15) is 22.4 Å². The van der Waals surface area contributed by atoms with E-state index in [4.69, 9.17) is 16.3 Å². The number of anilines is 1. The van der Waals surface area contributed by atoms with Gasteiger partial charge in [-0.2, -0.15) is 0 Å². The fraction of sp³-hybridized carbons (Fsp3) is 0.286. The first-order valence-electron chi connectivity index (χ1n) is 12.3. The number of hydrogen-bond donors (Lipinski definition) is 2. The van der Waals surface area contributed by atoms with Crippen LogP contribution in [0.25, 0.3) is 0 Å². The summed E-state index contributed by atoms with van der Waals surface area (Å²) >= 11 is 5.98. The van der Waals surface area contributed by atoms with Gasteiger partial charge in [0.15, 0.2) is 6.61 Å². The molecule has 0 aromatic heterocycles. The first-order chi connectivity index (χ1) is 18.4. The number of benzene rings is 3. The molecule has 0 bridgehead atoms. The largest absolute Gasteiger partial charge is 0.484 e. The predicted octanol–water partition coefficient (Wildman–Crippen LogP) is 4.85. The maximum atomic E-state index is 13.2. The van der Waals surface area contributed by atoms with Gasteiger partial charge < -0.3 is 15.0 Å². The number of ether oxygens (including phenoxy) is 1. The summed E-state index contributed by atoms with van der Waals surface area (Å²) in [6.45, 7) is 5.89. The Bertz CT molecular complexity index is 1370. The molecule has 0 saturated carbocycles. The predicted molar refractivity (Wildman–Crippen MR) is 148 cm³/mol. The van der Waals surface area contributed by atoms with E-state index in [2.05, 4.69) is 10.0 Å². The number of nitrogens with one attached hydrogen (secondary N) is 2. The van der Waals surface area contributed by atoms with Crippen molar-refractivity contribution in [2.75, 3.05) is 17.9 Å². The zero-order valence-corrected chi connectivity index (χ0v) is 23.4. The van der Waals surface area contributed by atoms with E-state index in [0.717, 1.165) is 17.7 Å². The van der Waals surface area contributed by atoms with Crippen molar-refractivity contribution in [2.24, 2.45) is 5.92 Å². The van der Waals surface area contributed by atoms with Gasteiger partial charge in [-0.3, -0.25) is 14.3 Å². The second-order valence-corrected chi connectivity index (χ2v) is 11.5. The minimum absolute atomic E-state index is 0.0367. The van der Waals surface area contributed by atoms with E-state index in [1.807, 2.05) is 13.8 Å². The molecule has 3 aromatic rings. The Morgan fingerprint density at radius 2 is 1.56 bits per heavy atom. The molecule has 2 amide bonds. The highest BCUT2D eigenvalue weighted by molar-refractivity contribution is 7.92. The van der Waals surface area contributed by atoms with Crippen molar-refractivity contribution in [3.05, 3.63) is 89.2 Å². The van der Waals surface area contributed by atoms with Crippen LogP contribution in [0, 0.1) is 11.7 Å². The summed E-state index contributed by atoms with van der Waals surface area (Å²) in [6, 6.07) is 16.7. The van der Waals surface area contributed by atoms with Crippen LogP contribution >= 0.6 is 11.6 Å². The first-order valence-corrected chi connectivity index (χ1v) is 14.1. The lowest BCUT2D eigenvalue weighted by Gasteiger charge is -2.29. The average molecular weight is 576 g/mol. The molecule has 3 rings (SSSR count). The Morgan fingerprint density at radius 1 is 0.949 bits per heavy atom. The summed E-state index contributed by atoms with van der Waals surface area (Å²) < 4.78 is 46.4. The molecule has 11 heteroatoms. The van der Waals surface area contributed by atoms with E-state index in [0.29, 0.717) is 11.6 Å². The van der Waals surface area contributed by atoms with E-state index in [-0.39, 0.29) is 41.3 Å². The minimum atomic E-state index is -3.91. The van der Waals surface area contributed by atoms with Crippen LogP contribution in [0.3, 0.4) is 0 Å². The molecule has 0 aliphatic carbocycles. The Morgan fingerprint density at radius 3 is 2.15 bits per heavy atom. The van der Waals surface area contributed by atoms with Gasteiger partial charge in [0, 0.05) is 23.8 Å². The van der Waals surface area contributed by atoms with Crippen molar-refractivity contribution in [1.29, 1.82) is 0 Å². The number of nitrogens with zero attached hydrogens (tertiary/aromatic N) is 1. The molecule has 0 fully saturated rings. The molecule has 0 unspecified atom stereocenters. The Balaban J connectivity index is 1.68. The van der Waals surface area contributed by atoms with Gasteiger partial charge in [-0.15, -0.1) is 0 Å². The maximum Gasteiger partial charge on any atom is 0.261 e. The van der Waals surface area contributed by atoms with Crippen LogP contribution in [-0.4, -0.2) is 44.3 Å². The molecule has 0 spiro atoms. The number of carbonyl (C=O) groups excluding carboxylic acids is 2. The topological polar surface area (TPSA) is 105 Å². The summed E-state index contributed by atoms with van der Waals surface area (Å²) in [6.07, 6.45) is 0. The molecule has 0 aliphatic rings. The van der Waals surface area contributed by atoms with Crippen LogP contribution in [0.2, 0.25) is 5.02 Å². The minimum Gasteiger partial charge on any atom is -0.484 e. The van der Waals surface area contributed by atoms with E-state index >= 15 is 0 Å². The Kier molecular flexibility index (Phi) is 10.3. The van der Waals surface area contributed by atoms with Gasteiger partial charge in [0.1, 0.15) is 17.6 Å². The van der Waals surface area contributed by atoms with Gasteiger partial charge in [-0.1, -0.05) is 37.6 Å². The molecule has 0 radical (unpaired) electrons. The molecule has 208 valence electrons. The van der Waals surface area contributed by atoms with Crippen LogP contribution in [-0.2, 0) is 26.2 Å². The number of halogens is 2. The van der Waals surface area contributed by atoms with Gasteiger partial charge in [0.05, 0.1) is 4.90 Å². The molecule has 2 N–H and O–H groups in total. The SMILES string of the molecule is CC(C)CNC(=O)[C@@H](C)N(Cc1ccc(Cl)cc1)C(=O)COc1ccc(S(=O)(=O)Nc2ccc(F)cc2)cc1. The van der Waals surface area contributed by atoms with E-state index < -0.39 is 27.8 Å². The van der Waals surface area contributed by atoms with Crippen molar-refractivity contribution in [1.82, 2.24) is 10.2 Å². The molecule has 0 aliphatic heterocycles. The third kappa shape index (κ3) is 8.97. The number of rotatable bonds is 12. The lowest BCUT2D eigenvalue weighted by atomic mass is 10.1. The highest BCUT2D eigenvalue weighted by atomic mass is 35.5. The highest BCUT2D eigenvalue weighted by Crippen LogP contribution is 2.20. The summed E-state index contributed by atoms with van der Waals surface area (Å²) in [5.74, 6) is -0.664. The van der Waals surface area contributed by atoms with Crippen LogP contribution in [0.5, 0.6) is 5.75 Å². The second-order valence-electron chi connectivity index (χ2n) is 9.34. The van der Waals surface area contributed by atoms with Crippen molar-refractivity contribution >= 4 is 39.1 Å². The molecule has 39 heavy (non-hydrogen) atoms. The van der Waals surface area contributed by atoms with E-state index in [1.54, 1.807) is 31.2 Å². The average Bonchev–Trinajstić information content (AvgIpc) is 2.91. The highest BCUT2D eigenvalue weighted by Gasteiger charge is 2.26. The first kappa shape index (κ1) is 29.9. The molecule has 0 saturated heterocycles. The Hall–Kier alpha value is -3.63. The zero-order chi connectivity index (χ0) is 28.6. The Labute approximate surface area is 233 Å². The third-order valence-corrected chi connectivity index (χ3v) is 7.36. The van der Waals surface area contributed by atoms with Gasteiger partial charge in [-0.25, -0.2) is 12.8 Å². The van der Waals surface area contributed by atoms with Crippen molar-refractivity contribution in [3.63, 3.8) is 0 Å². The van der Waals surface area contributed by atoms with Gasteiger partial charge in [0.25, 0.3) is 15.9 Å². The molecular weight excluding hydrogens is 545 g/mol. The lowest BCUT2D eigenvalue weighted by molar-refractivity contribution is -0.142. The number of hydrogen-bond acceptors (Lipinski definition) is 5. The molecule has 1 atom stereocenters.